The van der Waals surface area contributed by atoms with Crippen LogP contribution in [0.4, 0.5) is 0 Å². The van der Waals surface area contributed by atoms with E-state index in [4.69, 9.17) is 5.73 Å². The van der Waals surface area contributed by atoms with Crippen molar-refractivity contribution in [3.05, 3.63) is 18.2 Å². The summed E-state index contributed by atoms with van der Waals surface area (Å²) in [5.74, 6) is 1.64. The third-order valence-corrected chi connectivity index (χ3v) is 4.12. The summed E-state index contributed by atoms with van der Waals surface area (Å²) in [6, 6.07) is 0. The highest BCUT2D eigenvalue weighted by molar-refractivity contribution is 5.79. The molecule has 0 spiro atoms. The van der Waals surface area contributed by atoms with Crippen molar-refractivity contribution in [3.8, 4) is 0 Å². The number of carbonyl (C=O) groups is 1. The lowest BCUT2D eigenvalue weighted by Gasteiger charge is -2.29. The second kappa shape index (κ2) is 6.70. The maximum Gasteiger partial charge on any atom is 0.223 e. The van der Waals surface area contributed by atoms with E-state index in [1.165, 1.54) is 6.42 Å². The number of rotatable bonds is 5. The Morgan fingerprint density at radius 2 is 2.32 bits per heavy atom. The van der Waals surface area contributed by atoms with Gasteiger partial charge >= 0.3 is 0 Å². The number of nitrogens with two attached hydrogens (primary N) is 1. The molecule has 1 fully saturated rings. The lowest BCUT2D eigenvalue weighted by atomic mass is 9.79. The van der Waals surface area contributed by atoms with Crippen LogP contribution in [0.5, 0.6) is 0 Å². The molecule has 19 heavy (non-hydrogen) atoms. The summed E-state index contributed by atoms with van der Waals surface area (Å²) < 4.78 is 1.98. The smallest absolute Gasteiger partial charge is 0.223 e. The van der Waals surface area contributed by atoms with Gasteiger partial charge in [0.1, 0.15) is 5.82 Å². The molecule has 1 aliphatic carbocycles. The van der Waals surface area contributed by atoms with Gasteiger partial charge in [0.25, 0.3) is 0 Å². The quantitative estimate of drug-likeness (QED) is 0.828. The molecule has 1 amide bonds. The molecule has 1 aliphatic rings. The zero-order valence-corrected chi connectivity index (χ0v) is 11.6. The number of hydrogen-bond donors (Lipinski definition) is 2. The summed E-state index contributed by atoms with van der Waals surface area (Å²) in [6.07, 6.45) is 8.90. The molecular formula is C14H24N4O. The van der Waals surface area contributed by atoms with Crippen LogP contribution < -0.4 is 11.1 Å². The first-order chi connectivity index (χ1) is 9.22. The fourth-order valence-corrected chi connectivity index (χ4v) is 2.90. The first kappa shape index (κ1) is 14.1. The number of nitrogens with one attached hydrogen (secondary N) is 1. The summed E-state index contributed by atoms with van der Waals surface area (Å²) in [5, 5.41) is 3.03. The third-order valence-electron chi connectivity index (χ3n) is 4.12. The second-order valence-electron chi connectivity index (χ2n) is 5.38. The van der Waals surface area contributed by atoms with E-state index < -0.39 is 0 Å². The van der Waals surface area contributed by atoms with Gasteiger partial charge in [-0.2, -0.15) is 0 Å². The van der Waals surface area contributed by atoms with Gasteiger partial charge in [-0.1, -0.05) is 12.8 Å². The van der Waals surface area contributed by atoms with Crippen LogP contribution in [0, 0.1) is 11.8 Å². The first-order valence-electron chi connectivity index (χ1n) is 7.16. The Bertz CT molecular complexity index is 415. The Morgan fingerprint density at radius 3 is 3.00 bits per heavy atom. The molecule has 2 atom stereocenters. The normalized spacial score (nSPS) is 23.3. The minimum atomic E-state index is 0.111. The highest BCUT2D eigenvalue weighted by Crippen LogP contribution is 2.29. The van der Waals surface area contributed by atoms with Crippen molar-refractivity contribution in [2.75, 3.05) is 13.1 Å². The van der Waals surface area contributed by atoms with Gasteiger partial charge < -0.3 is 15.6 Å². The Labute approximate surface area is 114 Å². The van der Waals surface area contributed by atoms with Crippen molar-refractivity contribution in [1.82, 2.24) is 14.9 Å². The highest BCUT2D eigenvalue weighted by Gasteiger charge is 2.29. The number of imidazole rings is 1. The molecule has 2 rings (SSSR count). The Balaban J connectivity index is 1.79. The molecule has 0 radical (unpaired) electrons. The number of nitrogens with zero attached hydrogens (tertiary/aromatic N) is 2. The van der Waals surface area contributed by atoms with Crippen molar-refractivity contribution in [1.29, 1.82) is 0 Å². The predicted molar refractivity (Wildman–Crippen MR) is 74.4 cm³/mol. The van der Waals surface area contributed by atoms with Crippen molar-refractivity contribution < 1.29 is 4.79 Å². The third kappa shape index (κ3) is 3.56. The average Bonchev–Trinajstić information content (AvgIpc) is 2.84. The number of carbonyl (C=O) groups excluding carboxylic acids is 1. The van der Waals surface area contributed by atoms with Crippen LogP contribution in [-0.2, 0) is 18.3 Å². The van der Waals surface area contributed by atoms with Crippen LogP contribution in [-0.4, -0.2) is 28.5 Å². The molecule has 1 aromatic rings. The maximum atomic E-state index is 12.2. The second-order valence-corrected chi connectivity index (χ2v) is 5.38. The van der Waals surface area contributed by atoms with Crippen LogP contribution in [0.2, 0.25) is 0 Å². The summed E-state index contributed by atoms with van der Waals surface area (Å²) in [7, 11) is 1.97. The first-order valence-corrected chi connectivity index (χ1v) is 7.16. The van der Waals surface area contributed by atoms with E-state index in [2.05, 4.69) is 10.3 Å². The summed E-state index contributed by atoms with van der Waals surface area (Å²) >= 11 is 0. The van der Waals surface area contributed by atoms with E-state index in [0.717, 1.165) is 31.5 Å². The monoisotopic (exact) mass is 264 g/mol. The Morgan fingerprint density at radius 1 is 1.53 bits per heavy atom. The van der Waals surface area contributed by atoms with E-state index >= 15 is 0 Å². The van der Waals surface area contributed by atoms with Crippen molar-refractivity contribution in [3.63, 3.8) is 0 Å². The molecule has 1 heterocycles. The predicted octanol–water partition coefficient (Wildman–Crippen LogP) is 0.844. The molecule has 1 aromatic heterocycles. The summed E-state index contributed by atoms with van der Waals surface area (Å²) in [4.78, 5) is 16.4. The Kier molecular flexibility index (Phi) is 4.96. The maximum absolute atomic E-state index is 12.2. The number of aromatic nitrogens is 2. The van der Waals surface area contributed by atoms with Gasteiger partial charge in [-0.3, -0.25) is 4.79 Å². The largest absolute Gasteiger partial charge is 0.355 e. The van der Waals surface area contributed by atoms with Gasteiger partial charge in [-0.05, 0) is 25.3 Å². The molecular weight excluding hydrogens is 240 g/mol. The lowest BCUT2D eigenvalue weighted by molar-refractivity contribution is -0.127. The van der Waals surface area contributed by atoms with E-state index in [-0.39, 0.29) is 11.8 Å². The number of aryl methyl sites for hydroxylation is 1. The molecule has 0 bridgehead atoms. The van der Waals surface area contributed by atoms with Crippen LogP contribution in [0.15, 0.2) is 12.4 Å². The van der Waals surface area contributed by atoms with Crippen LogP contribution >= 0.6 is 0 Å². The molecule has 0 saturated heterocycles. The fraction of sp³-hybridized carbons (Fsp3) is 0.714. The van der Waals surface area contributed by atoms with Gasteiger partial charge in [-0.15, -0.1) is 0 Å². The van der Waals surface area contributed by atoms with Crippen LogP contribution in [0.25, 0.3) is 0 Å². The molecule has 106 valence electrons. The zero-order chi connectivity index (χ0) is 13.7. The zero-order valence-electron chi connectivity index (χ0n) is 11.6. The molecule has 2 unspecified atom stereocenters. The van der Waals surface area contributed by atoms with Gasteiger partial charge in [0.15, 0.2) is 0 Å². The number of amides is 1. The molecule has 0 aliphatic heterocycles. The lowest BCUT2D eigenvalue weighted by Crippen LogP contribution is -2.40. The standard InChI is InChI=1S/C14H24N4O/c1-18-9-8-16-13(18)6-7-17-14(19)12-5-3-2-4-11(12)10-15/h8-9,11-12H,2-7,10,15H2,1H3,(H,17,19). The minimum absolute atomic E-state index is 0.111. The summed E-state index contributed by atoms with van der Waals surface area (Å²) in [6.45, 7) is 1.27. The molecule has 1 saturated carbocycles. The fourth-order valence-electron chi connectivity index (χ4n) is 2.90. The molecule has 5 heteroatoms. The topological polar surface area (TPSA) is 72.9 Å². The SMILES string of the molecule is Cn1ccnc1CCNC(=O)C1CCCCC1CN. The molecule has 0 aromatic carbocycles. The van der Waals surface area contributed by atoms with Crippen molar-refractivity contribution in [2.24, 2.45) is 24.6 Å². The summed E-state index contributed by atoms with van der Waals surface area (Å²) in [5.41, 5.74) is 5.76. The van der Waals surface area contributed by atoms with E-state index in [0.29, 0.717) is 19.0 Å². The van der Waals surface area contributed by atoms with E-state index in [1.54, 1.807) is 6.20 Å². The molecule has 5 nitrogen and oxygen atoms in total. The van der Waals surface area contributed by atoms with Gasteiger partial charge in [0, 0.05) is 38.3 Å². The minimum Gasteiger partial charge on any atom is -0.355 e. The van der Waals surface area contributed by atoms with Crippen molar-refractivity contribution >= 4 is 5.91 Å². The van der Waals surface area contributed by atoms with Crippen LogP contribution in [0.3, 0.4) is 0 Å². The van der Waals surface area contributed by atoms with Gasteiger partial charge in [0.2, 0.25) is 5.91 Å². The average molecular weight is 264 g/mol. The molecule has 3 N–H and O–H groups in total. The Hall–Kier alpha value is -1.36. The highest BCUT2D eigenvalue weighted by atomic mass is 16.1. The van der Waals surface area contributed by atoms with E-state index in [1.807, 2.05) is 17.8 Å². The van der Waals surface area contributed by atoms with Gasteiger partial charge in [-0.25, -0.2) is 4.98 Å². The number of hydrogen-bond acceptors (Lipinski definition) is 3. The van der Waals surface area contributed by atoms with Crippen molar-refractivity contribution in [2.45, 2.75) is 32.1 Å². The van der Waals surface area contributed by atoms with Gasteiger partial charge in [0.05, 0.1) is 0 Å². The van der Waals surface area contributed by atoms with Crippen LogP contribution in [0.1, 0.15) is 31.5 Å². The van der Waals surface area contributed by atoms with E-state index in [9.17, 15) is 4.79 Å².